The van der Waals surface area contributed by atoms with Crippen LogP contribution in [0, 0.1) is 0 Å². The number of nitrogens with two attached hydrogens (primary N) is 1. The van der Waals surface area contributed by atoms with E-state index in [4.69, 9.17) is 5.73 Å². The average Bonchev–Trinajstić information content (AvgIpc) is 2.53. The summed E-state index contributed by atoms with van der Waals surface area (Å²) in [6.45, 7) is 7.36. The summed E-state index contributed by atoms with van der Waals surface area (Å²) in [4.78, 5) is 15.7. The number of nitrogens with one attached hydrogen (secondary N) is 2. The van der Waals surface area contributed by atoms with Crippen molar-refractivity contribution in [3.63, 3.8) is 0 Å². The van der Waals surface area contributed by atoms with Gasteiger partial charge < -0.3 is 16.4 Å². The van der Waals surface area contributed by atoms with E-state index < -0.39 is 0 Å². The molecule has 1 aromatic carbocycles. The van der Waals surface area contributed by atoms with Crippen LogP contribution in [0.5, 0.6) is 0 Å². The van der Waals surface area contributed by atoms with E-state index in [0.29, 0.717) is 25.5 Å². The third-order valence-electron chi connectivity index (χ3n) is 3.45. The molecule has 0 radical (unpaired) electrons. The molecule has 0 aromatic heterocycles. The van der Waals surface area contributed by atoms with Crippen LogP contribution < -0.4 is 16.4 Å². The number of carbonyl (C=O) groups excluding carboxylic acids is 1. The van der Waals surface area contributed by atoms with Gasteiger partial charge in [-0.05, 0) is 30.4 Å². The number of benzene rings is 1. The van der Waals surface area contributed by atoms with Crippen molar-refractivity contribution in [2.75, 3.05) is 18.4 Å². The zero-order chi connectivity index (χ0) is 16.4. The van der Waals surface area contributed by atoms with Gasteiger partial charge in [0.25, 0.3) is 0 Å². The van der Waals surface area contributed by atoms with Gasteiger partial charge in [0.05, 0.1) is 6.54 Å². The van der Waals surface area contributed by atoms with Gasteiger partial charge in [-0.3, -0.25) is 9.79 Å². The minimum Gasteiger partial charge on any atom is -0.370 e. The van der Waals surface area contributed by atoms with Crippen LogP contribution in [0.1, 0.15) is 44.7 Å². The zero-order valence-corrected chi connectivity index (χ0v) is 13.9. The molecule has 0 spiro atoms. The summed E-state index contributed by atoms with van der Waals surface area (Å²) in [7, 11) is 0. The zero-order valence-electron chi connectivity index (χ0n) is 13.9. The second-order valence-electron chi connectivity index (χ2n) is 5.15. The number of aliphatic imine (C=N–C) groups is 1. The first-order valence-corrected chi connectivity index (χ1v) is 8.06. The first-order valence-electron chi connectivity index (χ1n) is 8.06. The Morgan fingerprint density at radius 2 is 1.82 bits per heavy atom. The second-order valence-corrected chi connectivity index (χ2v) is 5.15. The molecule has 0 aliphatic heterocycles. The Morgan fingerprint density at radius 1 is 1.18 bits per heavy atom. The molecule has 0 aliphatic carbocycles. The number of rotatable bonds is 8. The lowest BCUT2D eigenvalue weighted by atomic mass is 10.0. The highest BCUT2D eigenvalue weighted by Crippen LogP contribution is 2.22. The number of amides is 1. The fourth-order valence-electron chi connectivity index (χ4n) is 2.20. The van der Waals surface area contributed by atoms with E-state index in [1.54, 1.807) is 0 Å². The Bertz CT molecular complexity index is 489. The summed E-state index contributed by atoms with van der Waals surface area (Å²) in [5.41, 5.74) is 9.43. The van der Waals surface area contributed by atoms with Crippen LogP contribution in [0.2, 0.25) is 0 Å². The van der Waals surface area contributed by atoms with Crippen molar-refractivity contribution in [2.45, 2.75) is 46.5 Å². The van der Waals surface area contributed by atoms with Gasteiger partial charge in [-0.1, -0.05) is 39.0 Å². The molecule has 1 amide bonds. The molecular weight excluding hydrogens is 276 g/mol. The van der Waals surface area contributed by atoms with Gasteiger partial charge in [0.2, 0.25) is 5.91 Å². The highest BCUT2D eigenvalue weighted by Gasteiger charge is 2.07. The van der Waals surface area contributed by atoms with Crippen molar-refractivity contribution >= 4 is 17.6 Å². The van der Waals surface area contributed by atoms with E-state index in [1.165, 1.54) is 11.1 Å². The van der Waals surface area contributed by atoms with Gasteiger partial charge in [-0.2, -0.15) is 0 Å². The summed E-state index contributed by atoms with van der Waals surface area (Å²) in [6.07, 6.45) is 3.16. The number of carbonyl (C=O) groups is 1. The molecule has 0 atom stereocenters. The van der Waals surface area contributed by atoms with Crippen molar-refractivity contribution in [3.05, 3.63) is 29.3 Å². The van der Waals surface area contributed by atoms with Crippen LogP contribution >= 0.6 is 0 Å². The summed E-state index contributed by atoms with van der Waals surface area (Å²) >= 11 is 0. The minimum absolute atomic E-state index is 0.0154. The van der Waals surface area contributed by atoms with Crippen molar-refractivity contribution in [1.29, 1.82) is 0 Å². The fraction of sp³-hybridized carbons (Fsp3) is 0.529. The minimum atomic E-state index is 0.0154. The quantitative estimate of drug-likeness (QED) is 0.510. The summed E-state index contributed by atoms with van der Waals surface area (Å²) in [6, 6.07) is 6.24. The SMILES string of the molecule is CCCNC(=O)CCN=C(N)Nc1c(CC)cccc1CC. The maximum Gasteiger partial charge on any atom is 0.221 e. The van der Waals surface area contributed by atoms with E-state index >= 15 is 0 Å². The molecule has 0 aliphatic rings. The lowest BCUT2D eigenvalue weighted by molar-refractivity contribution is -0.120. The molecule has 22 heavy (non-hydrogen) atoms. The van der Waals surface area contributed by atoms with Crippen molar-refractivity contribution in [3.8, 4) is 0 Å². The van der Waals surface area contributed by atoms with Crippen LogP contribution in [0.3, 0.4) is 0 Å². The van der Waals surface area contributed by atoms with Gasteiger partial charge >= 0.3 is 0 Å². The van der Waals surface area contributed by atoms with Gasteiger partial charge in [0, 0.05) is 18.7 Å². The Labute approximate surface area is 133 Å². The molecule has 0 bridgehead atoms. The number of anilines is 1. The predicted octanol–water partition coefficient (Wildman–Crippen LogP) is 2.45. The van der Waals surface area contributed by atoms with Crippen LogP contribution in [0.4, 0.5) is 5.69 Å². The fourth-order valence-corrected chi connectivity index (χ4v) is 2.20. The van der Waals surface area contributed by atoms with Crippen molar-refractivity contribution < 1.29 is 4.79 Å². The maximum absolute atomic E-state index is 11.5. The first kappa shape index (κ1) is 18.0. The van der Waals surface area contributed by atoms with Crippen LogP contribution in [0.25, 0.3) is 0 Å². The molecule has 122 valence electrons. The summed E-state index contributed by atoms with van der Waals surface area (Å²) in [5, 5.41) is 6.02. The maximum atomic E-state index is 11.5. The molecule has 0 heterocycles. The number of aryl methyl sites for hydroxylation is 2. The van der Waals surface area contributed by atoms with Gasteiger partial charge in [0.1, 0.15) is 0 Å². The second kappa shape index (κ2) is 9.82. The Hall–Kier alpha value is -2.04. The lowest BCUT2D eigenvalue weighted by Crippen LogP contribution is -2.27. The number of guanidine groups is 1. The molecule has 1 aromatic rings. The number of hydrogen-bond acceptors (Lipinski definition) is 2. The summed E-state index contributed by atoms with van der Waals surface area (Å²) in [5.74, 6) is 0.375. The molecule has 5 heteroatoms. The molecule has 0 saturated heterocycles. The molecule has 4 N–H and O–H groups in total. The summed E-state index contributed by atoms with van der Waals surface area (Å²) < 4.78 is 0. The van der Waals surface area contributed by atoms with E-state index in [2.05, 4.69) is 47.7 Å². The average molecular weight is 304 g/mol. The molecule has 0 fully saturated rings. The Kier molecular flexibility index (Phi) is 8.04. The van der Waals surface area contributed by atoms with Gasteiger partial charge in [-0.15, -0.1) is 0 Å². The highest BCUT2D eigenvalue weighted by molar-refractivity contribution is 5.94. The molecule has 5 nitrogen and oxygen atoms in total. The topological polar surface area (TPSA) is 79.5 Å². The molecule has 0 unspecified atom stereocenters. The standard InChI is InChI=1S/C17H28N4O/c1-4-11-19-15(22)10-12-20-17(18)21-16-13(5-2)8-7-9-14(16)6-3/h7-9H,4-6,10-12H2,1-3H3,(H,19,22)(H3,18,20,21). The van der Waals surface area contributed by atoms with E-state index in [0.717, 1.165) is 24.9 Å². The van der Waals surface area contributed by atoms with Gasteiger partial charge in [0.15, 0.2) is 5.96 Å². The Balaban J connectivity index is 2.62. The van der Waals surface area contributed by atoms with Crippen molar-refractivity contribution in [1.82, 2.24) is 5.32 Å². The third kappa shape index (κ3) is 5.76. The lowest BCUT2D eigenvalue weighted by Gasteiger charge is -2.14. The number of hydrogen-bond donors (Lipinski definition) is 3. The van der Waals surface area contributed by atoms with Crippen LogP contribution in [-0.2, 0) is 17.6 Å². The van der Waals surface area contributed by atoms with Crippen LogP contribution in [0.15, 0.2) is 23.2 Å². The molecule has 1 rings (SSSR count). The van der Waals surface area contributed by atoms with Crippen molar-refractivity contribution in [2.24, 2.45) is 10.7 Å². The molecule has 0 saturated carbocycles. The monoisotopic (exact) mass is 304 g/mol. The normalized spacial score (nSPS) is 11.3. The smallest absolute Gasteiger partial charge is 0.221 e. The predicted molar refractivity (Wildman–Crippen MR) is 93.2 cm³/mol. The Morgan fingerprint density at radius 3 is 2.36 bits per heavy atom. The van der Waals surface area contributed by atoms with Crippen LogP contribution in [-0.4, -0.2) is 25.0 Å². The van der Waals surface area contributed by atoms with Gasteiger partial charge in [-0.25, -0.2) is 0 Å². The van der Waals surface area contributed by atoms with E-state index in [9.17, 15) is 4.79 Å². The highest BCUT2D eigenvalue weighted by atomic mass is 16.1. The molecular formula is C17H28N4O. The third-order valence-corrected chi connectivity index (χ3v) is 3.45. The number of para-hydroxylation sites is 1. The van der Waals surface area contributed by atoms with E-state index in [1.807, 2.05) is 6.92 Å². The van der Waals surface area contributed by atoms with E-state index in [-0.39, 0.29) is 5.91 Å². The first-order chi connectivity index (χ1) is 10.6. The number of nitrogens with zero attached hydrogens (tertiary/aromatic N) is 1. The largest absolute Gasteiger partial charge is 0.370 e.